The van der Waals surface area contributed by atoms with E-state index in [2.05, 4.69) is 31.3 Å². The Balaban J connectivity index is 1.40. The van der Waals surface area contributed by atoms with E-state index in [-0.39, 0.29) is 0 Å². The molecule has 0 radical (unpaired) electrons. The molecule has 4 heterocycles. The molecule has 1 aromatic carbocycles. The van der Waals surface area contributed by atoms with Gasteiger partial charge in [-0.2, -0.15) is 0 Å². The normalized spacial score (nSPS) is 11.2. The number of aromatic nitrogens is 5. The van der Waals surface area contributed by atoms with Crippen LogP contribution in [0.25, 0.3) is 28.2 Å². The van der Waals surface area contributed by atoms with Crippen molar-refractivity contribution >= 4 is 11.5 Å². The van der Waals surface area contributed by atoms with Crippen LogP contribution in [0, 0.1) is 25.5 Å². The van der Waals surface area contributed by atoms with Gasteiger partial charge in [0.1, 0.15) is 11.6 Å². The summed E-state index contributed by atoms with van der Waals surface area (Å²) >= 11 is 0. The fraction of sp³-hybridized carbons (Fsp3) is 0.120. The summed E-state index contributed by atoms with van der Waals surface area (Å²) < 4.78 is 29.1. The topological polar surface area (TPSA) is 68.0 Å². The summed E-state index contributed by atoms with van der Waals surface area (Å²) in [6.07, 6.45) is 8.52. The highest BCUT2D eigenvalue weighted by Gasteiger charge is 2.13. The zero-order chi connectivity index (χ0) is 22.9. The maximum absolute atomic E-state index is 13.7. The molecule has 164 valence electrons. The first-order valence-electron chi connectivity index (χ1n) is 10.4. The van der Waals surface area contributed by atoms with E-state index >= 15 is 0 Å². The van der Waals surface area contributed by atoms with E-state index in [0.717, 1.165) is 34.1 Å². The van der Waals surface area contributed by atoms with Crippen LogP contribution in [-0.2, 0) is 6.54 Å². The second-order valence-corrected chi connectivity index (χ2v) is 7.82. The van der Waals surface area contributed by atoms with Crippen molar-refractivity contribution in [3.8, 4) is 22.5 Å². The first-order chi connectivity index (χ1) is 16.0. The minimum Gasteiger partial charge on any atom is -0.363 e. The summed E-state index contributed by atoms with van der Waals surface area (Å²) in [6.45, 7) is 4.48. The van der Waals surface area contributed by atoms with E-state index < -0.39 is 11.6 Å². The number of anilines is 1. The molecule has 0 saturated heterocycles. The average Bonchev–Trinajstić information content (AvgIpc) is 3.22. The van der Waals surface area contributed by atoms with Gasteiger partial charge in [-0.15, -0.1) is 0 Å². The largest absolute Gasteiger partial charge is 0.363 e. The highest BCUT2D eigenvalue weighted by Crippen LogP contribution is 2.26. The molecular weight excluding hydrogens is 422 g/mol. The van der Waals surface area contributed by atoms with Crippen LogP contribution in [-0.4, -0.2) is 24.3 Å². The molecule has 5 aromatic rings. The second kappa shape index (κ2) is 8.38. The molecular formula is C25H20F2N6. The van der Waals surface area contributed by atoms with Crippen molar-refractivity contribution in [3.63, 3.8) is 0 Å². The fourth-order valence-corrected chi connectivity index (χ4v) is 3.87. The molecule has 0 unspecified atom stereocenters. The maximum atomic E-state index is 13.7. The number of fused-ring (bicyclic) bond motifs is 1. The lowest BCUT2D eigenvalue weighted by molar-refractivity contribution is 0.584. The summed E-state index contributed by atoms with van der Waals surface area (Å²) in [7, 11) is 0. The molecule has 0 amide bonds. The number of nitrogens with one attached hydrogen (secondary N) is 1. The minimum atomic E-state index is -0.638. The summed E-state index contributed by atoms with van der Waals surface area (Å²) in [6, 6.07) is 9.44. The molecule has 8 heteroatoms. The lowest BCUT2D eigenvalue weighted by Crippen LogP contribution is -2.05. The molecule has 0 saturated carbocycles. The van der Waals surface area contributed by atoms with Crippen LogP contribution in [0.2, 0.25) is 0 Å². The number of nitrogens with zero attached hydrogens (tertiary/aromatic N) is 5. The Kier molecular flexibility index (Phi) is 5.26. The Labute approximate surface area is 189 Å². The molecule has 4 aromatic heterocycles. The van der Waals surface area contributed by atoms with Crippen molar-refractivity contribution in [3.05, 3.63) is 95.8 Å². The minimum absolute atomic E-state index is 0.402. The summed E-state index contributed by atoms with van der Waals surface area (Å²) in [4.78, 5) is 17.7. The Bertz CT molecular complexity index is 1460. The number of rotatable bonds is 5. The molecule has 0 bridgehead atoms. The van der Waals surface area contributed by atoms with Crippen LogP contribution in [0.5, 0.6) is 0 Å². The first-order valence-corrected chi connectivity index (χ1v) is 10.4. The quantitative estimate of drug-likeness (QED) is 0.397. The highest BCUT2D eigenvalue weighted by molar-refractivity contribution is 5.70. The van der Waals surface area contributed by atoms with Crippen LogP contribution in [0.15, 0.2) is 67.4 Å². The number of imidazole rings is 1. The molecule has 0 aliphatic carbocycles. The smallest absolute Gasteiger partial charge is 0.180 e. The number of benzene rings is 1. The van der Waals surface area contributed by atoms with Gasteiger partial charge in [0, 0.05) is 54.2 Å². The maximum Gasteiger partial charge on any atom is 0.180 e. The van der Waals surface area contributed by atoms with Crippen LogP contribution >= 0.6 is 0 Å². The lowest BCUT2D eigenvalue weighted by Gasteiger charge is -2.10. The van der Waals surface area contributed by atoms with Crippen molar-refractivity contribution in [2.45, 2.75) is 20.4 Å². The second-order valence-electron chi connectivity index (χ2n) is 7.82. The molecule has 5 rings (SSSR count). The van der Waals surface area contributed by atoms with E-state index in [9.17, 15) is 8.78 Å². The van der Waals surface area contributed by atoms with Crippen molar-refractivity contribution in [2.75, 3.05) is 5.32 Å². The van der Waals surface area contributed by atoms with Crippen LogP contribution in [0.4, 0.5) is 14.6 Å². The fourth-order valence-electron chi connectivity index (χ4n) is 3.87. The third-order valence-electron chi connectivity index (χ3n) is 5.35. The van der Waals surface area contributed by atoms with Gasteiger partial charge in [-0.25, -0.2) is 18.7 Å². The number of pyridine rings is 2. The van der Waals surface area contributed by atoms with E-state index in [1.54, 1.807) is 29.2 Å². The molecule has 0 aliphatic heterocycles. The molecule has 0 spiro atoms. The van der Waals surface area contributed by atoms with Crippen molar-refractivity contribution in [1.82, 2.24) is 24.3 Å². The number of aryl methyl sites for hydroxylation is 2. The van der Waals surface area contributed by atoms with Gasteiger partial charge in [-0.05, 0) is 49.2 Å². The van der Waals surface area contributed by atoms with Gasteiger partial charge in [0.15, 0.2) is 11.5 Å². The Morgan fingerprint density at radius 1 is 0.848 bits per heavy atom. The van der Waals surface area contributed by atoms with Gasteiger partial charge in [0.05, 0.1) is 17.6 Å². The Morgan fingerprint density at radius 2 is 1.67 bits per heavy atom. The summed E-state index contributed by atoms with van der Waals surface area (Å²) in [5.41, 5.74) is 6.48. The average molecular weight is 442 g/mol. The first kappa shape index (κ1) is 20.7. The van der Waals surface area contributed by atoms with Crippen LogP contribution in [0.3, 0.4) is 0 Å². The molecule has 0 atom stereocenters. The third-order valence-corrected chi connectivity index (χ3v) is 5.35. The van der Waals surface area contributed by atoms with Gasteiger partial charge < -0.3 is 5.32 Å². The van der Waals surface area contributed by atoms with Crippen molar-refractivity contribution in [2.24, 2.45) is 0 Å². The van der Waals surface area contributed by atoms with Gasteiger partial charge in [0.25, 0.3) is 0 Å². The zero-order valence-electron chi connectivity index (χ0n) is 18.0. The summed E-state index contributed by atoms with van der Waals surface area (Å²) in [5.74, 6) is -0.715. The lowest BCUT2D eigenvalue weighted by atomic mass is 10.1. The summed E-state index contributed by atoms with van der Waals surface area (Å²) in [5, 5.41) is 3.29. The monoisotopic (exact) mass is 442 g/mol. The van der Waals surface area contributed by atoms with E-state index in [1.807, 2.05) is 32.2 Å². The van der Waals surface area contributed by atoms with E-state index in [0.29, 0.717) is 29.3 Å². The van der Waals surface area contributed by atoms with Crippen LogP contribution in [0.1, 0.15) is 16.8 Å². The zero-order valence-corrected chi connectivity index (χ0v) is 18.0. The van der Waals surface area contributed by atoms with Gasteiger partial charge >= 0.3 is 0 Å². The number of halogens is 2. The third kappa shape index (κ3) is 4.15. The predicted molar refractivity (Wildman–Crippen MR) is 123 cm³/mol. The predicted octanol–water partition coefficient (Wildman–Crippen LogP) is 5.36. The standard InChI is InChI=1S/C25H20F2N6/c1-15-7-17(12-30-23(15)18-3-4-28-16(2)8-18)13-31-24-25-32-14-22(33(25)6-5-29-24)19-9-20(26)11-21(27)10-19/h3-12,14H,13H2,1-2H3,(H,29,31). The van der Waals surface area contributed by atoms with E-state index in [1.165, 1.54) is 12.1 Å². The molecule has 6 nitrogen and oxygen atoms in total. The number of hydrogen-bond donors (Lipinski definition) is 1. The highest BCUT2D eigenvalue weighted by atomic mass is 19.1. The van der Waals surface area contributed by atoms with Crippen molar-refractivity contribution in [1.29, 1.82) is 0 Å². The number of hydrogen-bond acceptors (Lipinski definition) is 5. The van der Waals surface area contributed by atoms with E-state index in [4.69, 9.17) is 0 Å². The van der Waals surface area contributed by atoms with Crippen LogP contribution < -0.4 is 5.32 Å². The molecule has 0 fully saturated rings. The SMILES string of the molecule is Cc1cc(-c2ncc(CNc3nccn4c(-c5cc(F)cc(F)c5)cnc34)cc2C)ccn1. The Hall–Kier alpha value is -4.20. The molecule has 0 aliphatic rings. The van der Waals surface area contributed by atoms with Gasteiger partial charge in [-0.1, -0.05) is 6.07 Å². The molecule has 33 heavy (non-hydrogen) atoms. The van der Waals surface area contributed by atoms with Gasteiger partial charge in [0.2, 0.25) is 0 Å². The van der Waals surface area contributed by atoms with Crippen molar-refractivity contribution < 1.29 is 8.78 Å². The van der Waals surface area contributed by atoms with Gasteiger partial charge in [-0.3, -0.25) is 14.4 Å². The Morgan fingerprint density at radius 3 is 2.42 bits per heavy atom. The molecule has 1 N–H and O–H groups in total.